The molecule has 1 fully saturated rings. The van der Waals surface area contributed by atoms with Crippen LogP contribution in [-0.4, -0.2) is 24.0 Å². The Kier molecular flexibility index (Phi) is 3.33. The van der Waals surface area contributed by atoms with E-state index in [-0.39, 0.29) is 11.9 Å². The molecule has 2 rings (SSSR count). The Morgan fingerprint density at radius 1 is 1.56 bits per heavy atom. The minimum Gasteiger partial charge on any atom is -0.464 e. The van der Waals surface area contributed by atoms with Crippen molar-refractivity contribution < 1.29 is 14.6 Å². The second-order valence-electron chi connectivity index (χ2n) is 3.95. The lowest BCUT2D eigenvalue weighted by molar-refractivity contribution is -0.0394. The molecular formula is C11H14ClNO3. The van der Waals surface area contributed by atoms with Crippen molar-refractivity contribution in [2.75, 3.05) is 13.9 Å². The summed E-state index contributed by atoms with van der Waals surface area (Å²) in [6, 6.07) is 1.73. The van der Waals surface area contributed by atoms with Crippen LogP contribution >= 0.6 is 11.6 Å². The van der Waals surface area contributed by atoms with E-state index in [4.69, 9.17) is 21.1 Å². The lowest BCUT2D eigenvalue weighted by atomic mass is 9.76. The quantitative estimate of drug-likeness (QED) is 0.650. The van der Waals surface area contributed by atoms with Crippen molar-refractivity contribution in [3.8, 4) is 5.75 Å². The van der Waals surface area contributed by atoms with Crippen molar-refractivity contribution in [3.05, 3.63) is 23.0 Å². The molecule has 1 saturated carbocycles. The third kappa shape index (κ3) is 2.14. The smallest absolute Gasteiger partial charge is 0.188 e. The number of aliphatic hydroxyl groups is 1. The van der Waals surface area contributed by atoms with Crippen LogP contribution in [0.3, 0.4) is 0 Å². The molecule has 88 valence electrons. The highest BCUT2D eigenvalue weighted by atomic mass is 35.5. The first kappa shape index (κ1) is 11.6. The number of methoxy groups -OCH3 is 1. The molecule has 4 nitrogen and oxygen atoms in total. The van der Waals surface area contributed by atoms with Gasteiger partial charge in [-0.1, -0.05) is 11.6 Å². The lowest BCUT2D eigenvalue weighted by Crippen LogP contribution is -2.33. The SMILES string of the molecule is COCOc1cc(C2(O)CCC2)cnc1Cl. The van der Waals surface area contributed by atoms with Gasteiger partial charge in [-0.2, -0.15) is 0 Å². The van der Waals surface area contributed by atoms with E-state index in [2.05, 4.69) is 4.98 Å². The Morgan fingerprint density at radius 2 is 2.31 bits per heavy atom. The summed E-state index contributed by atoms with van der Waals surface area (Å²) < 4.78 is 10.1. The average molecular weight is 244 g/mol. The standard InChI is InChI=1S/C11H14ClNO3/c1-15-7-16-9-5-8(6-13-10(9)12)11(14)3-2-4-11/h5-6,14H,2-4,7H2,1H3. The van der Waals surface area contributed by atoms with Crippen molar-refractivity contribution in [2.24, 2.45) is 0 Å². The van der Waals surface area contributed by atoms with Crippen molar-refractivity contribution in [1.29, 1.82) is 0 Å². The molecule has 0 bridgehead atoms. The molecule has 0 spiro atoms. The highest BCUT2D eigenvalue weighted by molar-refractivity contribution is 6.30. The average Bonchev–Trinajstić information content (AvgIpc) is 2.25. The molecule has 16 heavy (non-hydrogen) atoms. The third-order valence-electron chi connectivity index (χ3n) is 2.86. The predicted molar refractivity (Wildman–Crippen MR) is 59.5 cm³/mol. The van der Waals surface area contributed by atoms with Gasteiger partial charge in [0, 0.05) is 18.9 Å². The zero-order valence-electron chi connectivity index (χ0n) is 9.07. The molecule has 1 aliphatic carbocycles. The summed E-state index contributed by atoms with van der Waals surface area (Å²) in [5, 5.41) is 10.4. The van der Waals surface area contributed by atoms with Gasteiger partial charge in [0.1, 0.15) is 0 Å². The minimum atomic E-state index is -0.747. The van der Waals surface area contributed by atoms with Crippen molar-refractivity contribution in [3.63, 3.8) is 0 Å². The molecule has 1 N–H and O–H groups in total. The molecular weight excluding hydrogens is 230 g/mol. The topological polar surface area (TPSA) is 51.6 Å². The van der Waals surface area contributed by atoms with Gasteiger partial charge in [0.25, 0.3) is 0 Å². The van der Waals surface area contributed by atoms with Gasteiger partial charge in [-0.05, 0) is 25.3 Å². The van der Waals surface area contributed by atoms with Crippen LogP contribution in [0.25, 0.3) is 0 Å². The molecule has 1 aliphatic rings. The fraction of sp³-hybridized carbons (Fsp3) is 0.545. The van der Waals surface area contributed by atoms with Crippen LogP contribution in [-0.2, 0) is 10.3 Å². The van der Waals surface area contributed by atoms with Gasteiger partial charge >= 0.3 is 0 Å². The number of hydrogen-bond acceptors (Lipinski definition) is 4. The Balaban J connectivity index is 2.21. The van der Waals surface area contributed by atoms with Crippen molar-refractivity contribution >= 4 is 11.6 Å². The van der Waals surface area contributed by atoms with Gasteiger partial charge in [0.05, 0.1) is 5.60 Å². The van der Waals surface area contributed by atoms with E-state index in [1.54, 1.807) is 12.3 Å². The predicted octanol–water partition coefficient (Wildman–Crippen LogP) is 2.09. The molecule has 0 amide bonds. The highest BCUT2D eigenvalue weighted by Gasteiger charge is 2.37. The molecule has 1 aromatic heterocycles. The number of nitrogens with zero attached hydrogens (tertiary/aromatic N) is 1. The fourth-order valence-electron chi connectivity index (χ4n) is 1.71. The van der Waals surface area contributed by atoms with Crippen LogP contribution in [0, 0.1) is 0 Å². The van der Waals surface area contributed by atoms with Crippen LogP contribution in [0.2, 0.25) is 5.15 Å². The second kappa shape index (κ2) is 4.57. The van der Waals surface area contributed by atoms with E-state index in [0.29, 0.717) is 5.75 Å². The third-order valence-corrected chi connectivity index (χ3v) is 3.14. The Morgan fingerprint density at radius 3 is 2.88 bits per heavy atom. The molecule has 5 heteroatoms. The van der Waals surface area contributed by atoms with Crippen LogP contribution < -0.4 is 4.74 Å². The summed E-state index contributed by atoms with van der Waals surface area (Å²) in [7, 11) is 1.53. The highest BCUT2D eigenvalue weighted by Crippen LogP contribution is 2.42. The first-order valence-corrected chi connectivity index (χ1v) is 5.54. The van der Waals surface area contributed by atoms with Crippen LogP contribution in [0.15, 0.2) is 12.3 Å². The van der Waals surface area contributed by atoms with Gasteiger partial charge in [0.15, 0.2) is 17.7 Å². The maximum absolute atomic E-state index is 10.2. The zero-order chi connectivity index (χ0) is 11.6. The molecule has 1 heterocycles. The van der Waals surface area contributed by atoms with Crippen molar-refractivity contribution in [1.82, 2.24) is 4.98 Å². The van der Waals surface area contributed by atoms with Crippen LogP contribution in [0.4, 0.5) is 0 Å². The summed E-state index contributed by atoms with van der Waals surface area (Å²) >= 11 is 5.87. The van der Waals surface area contributed by atoms with E-state index in [1.165, 1.54) is 7.11 Å². The fourth-order valence-corrected chi connectivity index (χ4v) is 1.86. The number of aromatic nitrogens is 1. The van der Waals surface area contributed by atoms with Gasteiger partial charge in [-0.25, -0.2) is 4.98 Å². The number of ether oxygens (including phenoxy) is 2. The Hall–Kier alpha value is -0.840. The summed E-state index contributed by atoms with van der Waals surface area (Å²) in [6.45, 7) is 0.114. The number of rotatable bonds is 4. The lowest BCUT2D eigenvalue weighted by Gasteiger charge is -2.36. The Labute approximate surface area is 99.2 Å². The Bertz CT molecular complexity index is 379. The molecule has 0 aliphatic heterocycles. The summed E-state index contributed by atoms with van der Waals surface area (Å²) in [5.41, 5.74) is 0.0113. The zero-order valence-corrected chi connectivity index (χ0v) is 9.83. The first-order chi connectivity index (χ1) is 7.65. The van der Waals surface area contributed by atoms with Crippen molar-refractivity contribution in [2.45, 2.75) is 24.9 Å². The normalized spacial score (nSPS) is 17.9. The maximum Gasteiger partial charge on any atom is 0.188 e. The number of pyridine rings is 1. The van der Waals surface area contributed by atoms with Gasteiger partial charge in [-0.3, -0.25) is 0 Å². The van der Waals surface area contributed by atoms with E-state index < -0.39 is 5.60 Å². The van der Waals surface area contributed by atoms with E-state index >= 15 is 0 Å². The maximum atomic E-state index is 10.2. The van der Waals surface area contributed by atoms with E-state index in [0.717, 1.165) is 24.8 Å². The van der Waals surface area contributed by atoms with E-state index in [9.17, 15) is 5.11 Å². The number of hydrogen-bond donors (Lipinski definition) is 1. The van der Waals surface area contributed by atoms with Crippen LogP contribution in [0.1, 0.15) is 24.8 Å². The first-order valence-electron chi connectivity index (χ1n) is 5.16. The molecule has 0 saturated heterocycles. The largest absolute Gasteiger partial charge is 0.464 e. The van der Waals surface area contributed by atoms with Gasteiger partial charge < -0.3 is 14.6 Å². The summed E-state index contributed by atoms with van der Waals surface area (Å²) in [6.07, 6.45) is 4.16. The van der Waals surface area contributed by atoms with Crippen LogP contribution in [0.5, 0.6) is 5.75 Å². The molecule has 1 aromatic rings. The second-order valence-corrected chi connectivity index (χ2v) is 4.31. The summed E-state index contributed by atoms with van der Waals surface area (Å²) in [5.74, 6) is 0.446. The molecule has 0 radical (unpaired) electrons. The monoisotopic (exact) mass is 243 g/mol. The molecule has 0 atom stereocenters. The number of halogens is 1. The van der Waals surface area contributed by atoms with Gasteiger partial charge in [-0.15, -0.1) is 0 Å². The van der Waals surface area contributed by atoms with E-state index in [1.807, 2.05) is 0 Å². The minimum absolute atomic E-state index is 0.114. The molecule has 0 unspecified atom stereocenters. The van der Waals surface area contributed by atoms with Gasteiger partial charge in [0.2, 0.25) is 0 Å². The molecule has 0 aromatic carbocycles. The summed E-state index contributed by atoms with van der Waals surface area (Å²) in [4.78, 5) is 4.00.